The molecule has 0 aliphatic rings. The Morgan fingerprint density at radius 3 is 2.88 bits per heavy atom. The molecule has 0 radical (unpaired) electrons. The molecule has 0 aliphatic heterocycles. The fourth-order valence-electron chi connectivity index (χ4n) is 1.01. The van der Waals surface area contributed by atoms with Gasteiger partial charge in [-0.2, -0.15) is 5.26 Å². The number of anilines is 1. The summed E-state index contributed by atoms with van der Waals surface area (Å²) in [5.74, 6) is 0.451. The van der Waals surface area contributed by atoms with Gasteiger partial charge in [-0.25, -0.2) is 18.1 Å². The second kappa shape index (κ2) is 5.44. The minimum absolute atomic E-state index is 0.0397. The largest absolute Gasteiger partial charge is 0.369 e. The summed E-state index contributed by atoms with van der Waals surface area (Å²) in [5, 5.41) is 11.4. The van der Waals surface area contributed by atoms with Crippen LogP contribution in [0.3, 0.4) is 0 Å². The summed E-state index contributed by atoms with van der Waals surface area (Å²) in [7, 11) is -1.85. The van der Waals surface area contributed by atoms with E-state index in [-0.39, 0.29) is 12.3 Å². The Balaban J connectivity index is 2.53. The summed E-state index contributed by atoms with van der Waals surface area (Å²) in [6.07, 6.45) is 0. The Morgan fingerprint density at radius 2 is 2.25 bits per heavy atom. The average Bonchev–Trinajstić information content (AvgIpc) is 2.29. The molecule has 0 saturated carbocycles. The molecular formula is C9H12N4O2S. The number of hydrogen-bond acceptors (Lipinski definition) is 5. The molecule has 0 saturated heterocycles. The van der Waals surface area contributed by atoms with Crippen LogP contribution in [-0.2, 0) is 10.0 Å². The molecule has 2 N–H and O–H groups in total. The maximum absolute atomic E-state index is 11.1. The number of pyridine rings is 1. The molecule has 86 valence electrons. The van der Waals surface area contributed by atoms with Crippen LogP contribution in [0.25, 0.3) is 0 Å². The summed E-state index contributed by atoms with van der Waals surface area (Å²) in [4.78, 5) is 3.95. The van der Waals surface area contributed by atoms with E-state index in [0.717, 1.165) is 0 Å². The van der Waals surface area contributed by atoms with Crippen molar-refractivity contribution in [3.05, 3.63) is 23.9 Å². The first kappa shape index (κ1) is 12.4. The molecule has 1 rings (SSSR count). The van der Waals surface area contributed by atoms with E-state index >= 15 is 0 Å². The highest BCUT2D eigenvalue weighted by Crippen LogP contribution is 2.03. The molecule has 0 bridgehead atoms. The fraction of sp³-hybridized carbons (Fsp3) is 0.333. The van der Waals surface area contributed by atoms with Crippen molar-refractivity contribution in [2.45, 2.75) is 0 Å². The van der Waals surface area contributed by atoms with Gasteiger partial charge in [-0.3, -0.25) is 0 Å². The van der Waals surface area contributed by atoms with Gasteiger partial charge in [0.05, 0.1) is 5.75 Å². The predicted octanol–water partition coefficient (Wildman–Crippen LogP) is -0.0856. The zero-order valence-corrected chi connectivity index (χ0v) is 9.58. The Labute approximate surface area is 94.4 Å². The lowest BCUT2D eigenvalue weighted by Crippen LogP contribution is -2.26. The fourth-order valence-corrected chi connectivity index (χ4v) is 1.59. The number of nitrogens with one attached hydrogen (secondary N) is 2. The second-order valence-electron chi connectivity index (χ2n) is 2.97. The van der Waals surface area contributed by atoms with Gasteiger partial charge in [0.2, 0.25) is 10.0 Å². The molecule has 0 fully saturated rings. The topological polar surface area (TPSA) is 94.9 Å². The van der Waals surface area contributed by atoms with Crippen LogP contribution < -0.4 is 10.0 Å². The second-order valence-corrected chi connectivity index (χ2v) is 5.02. The lowest BCUT2D eigenvalue weighted by molar-refractivity contribution is 0.588. The first-order valence-electron chi connectivity index (χ1n) is 4.59. The zero-order chi connectivity index (χ0) is 12.0. The van der Waals surface area contributed by atoms with Gasteiger partial charge in [-0.05, 0) is 19.2 Å². The van der Waals surface area contributed by atoms with Crippen molar-refractivity contribution in [2.75, 3.05) is 24.7 Å². The van der Waals surface area contributed by atoms with Crippen LogP contribution in [0.1, 0.15) is 5.69 Å². The molecule has 0 amide bonds. The third-order valence-electron chi connectivity index (χ3n) is 1.85. The van der Waals surface area contributed by atoms with E-state index in [4.69, 9.17) is 5.26 Å². The van der Waals surface area contributed by atoms with Gasteiger partial charge in [0.15, 0.2) is 0 Å². The van der Waals surface area contributed by atoms with Crippen molar-refractivity contribution in [3.8, 4) is 6.07 Å². The number of rotatable bonds is 5. The van der Waals surface area contributed by atoms with Gasteiger partial charge < -0.3 is 5.32 Å². The van der Waals surface area contributed by atoms with Crippen LogP contribution in [0.5, 0.6) is 0 Å². The van der Waals surface area contributed by atoms with Crippen molar-refractivity contribution in [3.63, 3.8) is 0 Å². The van der Waals surface area contributed by atoms with Gasteiger partial charge in [0.1, 0.15) is 17.6 Å². The van der Waals surface area contributed by atoms with Crippen molar-refractivity contribution in [1.29, 1.82) is 5.26 Å². The van der Waals surface area contributed by atoms with Gasteiger partial charge in [0, 0.05) is 6.54 Å². The first-order chi connectivity index (χ1) is 7.57. The van der Waals surface area contributed by atoms with Crippen LogP contribution in [0.2, 0.25) is 0 Å². The first-order valence-corrected chi connectivity index (χ1v) is 6.25. The highest BCUT2D eigenvalue weighted by molar-refractivity contribution is 7.89. The molecule has 1 aromatic heterocycles. The monoisotopic (exact) mass is 240 g/mol. The maximum Gasteiger partial charge on any atom is 0.213 e. The summed E-state index contributed by atoms with van der Waals surface area (Å²) in [6.45, 7) is 0.241. The van der Waals surface area contributed by atoms with Gasteiger partial charge in [-0.1, -0.05) is 6.07 Å². The minimum Gasteiger partial charge on any atom is -0.369 e. The number of hydrogen-bond donors (Lipinski definition) is 2. The quantitative estimate of drug-likeness (QED) is 0.750. The van der Waals surface area contributed by atoms with E-state index in [0.29, 0.717) is 11.5 Å². The maximum atomic E-state index is 11.1. The van der Waals surface area contributed by atoms with Crippen LogP contribution >= 0.6 is 0 Å². The summed E-state index contributed by atoms with van der Waals surface area (Å²) in [5.41, 5.74) is 0.293. The van der Waals surface area contributed by atoms with Gasteiger partial charge in [-0.15, -0.1) is 0 Å². The molecule has 0 atom stereocenters. The molecule has 7 heteroatoms. The number of nitrogens with zero attached hydrogens (tertiary/aromatic N) is 2. The Bertz CT molecular complexity index is 492. The normalized spacial score (nSPS) is 10.8. The van der Waals surface area contributed by atoms with Crippen LogP contribution in [-0.4, -0.2) is 32.7 Å². The molecule has 0 spiro atoms. The van der Waals surface area contributed by atoms with E-state index < -0.39 is 10.0 Å². The molecule has 0 aliphatic carbocycles. The van der Waals surface area contributed by atoms with Crippen LogP contribution in [0.4, 0.5) is 5.82 Å². The molecule has 1 heterocycles. The minimum atomic E-state index is -3.21. The number of aromatic nitrogens is 1. The van der Waals surface area contributed by atoms with Crippen LogP contribution in [0.15, 0.2) is 18.2 Å². The van der Waals surface area contributed by atoms with Gasteiger partial charge in [0.25, 0.3) is 0 Å². The van der Waals surface area contributed by atoms with E-state index in [1.807, 2.05) is 6.07 Å². The number of nitriles is 1. The molecule has 6 nitrogen and oxygen atoms in total. The van der Waals surface area contributed by atoms with E-state index in [9.17, 15) is 8.42 Å². The summed E-state index contributed by atoms with van der Waals surface area (Å²) >= 11 is 0. The Morgan fingerprint density at radius 1 is 1.50 bits per heavy atom. The Hall–Kier alpha value is -1.65. The van der Waals surface area contributed by atoms with E-state index in [1.54, 1.807) is 18.2 Å². The molecule has 0 aromatic carbocycles. The summed E-state index contributed by atoms with van der Waals surface area (Å²) < 4.78 is 24.4. The smallest absolute Gasteiger partial charge is 0.213 e. The number of sulfonamides is 1. The highest BCUT2D eigenvalue weighted by atomic mass is 32.2. The summed E-state index contributed by atoms with van der Waals surface area (Å²) in [6, 6.07) is 6.84. The zero-order valence-electron chi connectivity index (χ0n) is 8.77. The van der Waals surface area contributed by atoms with Gasteiger partial charge >= 0.3 is 0 Å². The van der Waals surface area contributed by atoms with Crippen LogP contribution in [0, 0.1) is 11.3 Å². The van der Waals surface area contributed by atoms with Crippen molar-refractivity contribution >= 4 is 15.8 Å². The molecule has 1 aromatic rings. The molecule has 16 heavy (non-hydrogen) atoms. The van der Waals surface area contributed by atoms with Crippen molar-refractivity contribution in [1.82, 2.24) is 9.71 Å². The van der Waals surface area contributed by atoms with E-state index in [2.05, 4.69) is 15.0 Å². The molecular weight excluding hydrogens is 228 g/mol. The lowest BCUT2D eigenvalue weighted by Gasteiger charge is -2.05. The lowest BCUT2D eigenvalue weighted by atomic mass is 10.3. The Kier molecular flexibility index (Phi) is 4.22. The average molecular weight is 240 g/mol. The third-order valence-corrected chi connectivity index (χ3v) is 3.22. The molecule has 0 unspecified atom stereocenters. The standard InChI is InChI=1S/C9H12N4O2S/c1-11-16(14,15)6-5-12-9-4-2-3-8(7-10)13-9/h2-4,11H,5-6H2,1H3,(H,12,13). The predicted molar refractivity (Wildman–Crippen MR) is 60.3 cm³/mol. The third kappa shape index (κ3) is 3.84. The van der Waals surface area contributed by atoms with Crippen molar-refractivity contribution in [2.24, 2.45) is 0 Å². The van der Waals surface area contributed by atoms with Crippen molar-refractivity contribution < 1.29 is 8.42 Å². The highest BCUT2D eigenvalue weighted by Gasteiger charge is 2.05. The SMILES string of the molecule is CNS(=O)(=O)CCNc1cccc(C#N)n1. The van der Waals surface area contributed by atoms with E-state index in [1.165, 1.54) is 7.05 Å².